The van der Waals surface area contributed by atoms with Crippen molar-refractivity contribution in [2.75, 3.05) is 44.7 Å². The number of rotatable bonds is 6. The first-order valence-corrected chi connectivity index (χ1v) is 11.8. The Morgan fingerprint density at radius 1 is 1.19 bits per heavy atom. The highest BCUT2D eigenvalue weighted by atomic mass is 32.1. The Morgan fingerprint density at radius 2 is 2.03 bits per heavy atom. The van der Waals surface area contributed by atoms with Gasteiger partial charge in [-0.15, -0.1) is 11.3 Å². The van der Waals surface area contributed by atoms with Crippen LogP contribution in [0.25, 0.3) is 10.6 Å². The van der Waals surface area contributed by atoms with Gasteiger partial charge >= 0.3 is 0 Å². The van der Waals surface area contributed by atoms with Crippen molar-refractivity contribution in [3.8, 4) is 10.6 Å². The number of ether oxygens (including phenoxy) is 1. The van der Waals surface area contributed by atoms with Crippen LogP contribution in [0.1, 0.15) is 28.1 Å². The fourth-order valence-electron chi connectivity index (χ4n) is 4.65. The number of nitrogens with zero attached hydrogens (tertiary/aromatic N) is 6. The minimum atomic E-state index is -0.0928. The van der Waals surface area contributed by atoms with Crippen LogP contribution in [0.4, 0.5) is 11.8 Å². The van der Waals surface area contributed by atoms with E-state index in [1.807, 2.05) is 25.2 Å². The van der Waals surface area contributed by atoms with Gasteiger partial charge < -0.3 is 15.0 Å². The Labute approximate surface area is 190 Å². The maximum absolute atomic E-state index is 13.3. The molecule has 6 rings (SSSR count). The third-order valence-corrected chi connectivity index (χ3v) is 7.93. The van der Waals surface area contributed by atoms with Crippen LogP contribution in [0.2, 0.25) is 0 Å². The summed E-state index contributed by atoms with van der Waals surface area (Å²) < 4.78 is 7.18. The number of nitrogens with one attached hydrogen (secondary N) is 1. The molecule has 2 aliphatic heterocycles. The molecule has 3 aromatic heterocycles. The van der Waals surface area contributed by atoms with E-state index in [9.17, 15) is 4.79 Å². The number of carbonyl (C=O) groups is 1. The molecule has 1 aliphatic carbocycles. The maximum atomic E-state index is 13.3. The third-order valence-electron chi connectivity index (χ3n) is 6.58. The standard InChI is InChI=1S/C22H25N7O2S/c1-27-18(3-7-24-27)26-21-23-6-2-16(25-21)17-14-15-19(32-17)22(4-5-22)29(20(15)30)9-8-28-10-12-31-13-11-28/h2-3,6-7,14H,4-5,8-13H2,1H3,(H,23,25,26). The van der Waals surface area contributed by atoms with E-state index < -0.39 is 0 Å². The van der Waals surface area contributed by atoms with Crippen molar-refractivity contribution in [1.82, 2.24) is 29.5 Å². The average Bonchev–Trinajstić information content (AvgIpc) is 3.22. The highest BCUT2D eigenvalue weighted by Gasteiger charge is 2.59. The summed E-state index contributed by atoms with van der Waals surface area (Å²) in [5.74, 6) is 1.49. The van der Waals surface area contributed by atoms with Gasteiger partial charge in [0.25, 0.3) is 5.91 Å². The van der Waals surface area contributed by atoms with E-state index in [1.54, 1.807) is 28.4 Å². The van der Waals surface area contributed by atoms with Crippen molar-refractivity contribution in [1.29, 1.82) is 0 Å². The molecule has 0 radical (unpaired) electrons. The fourth-order valence-corrected chi connectivity index (χ4v) is 6.02. The highest BCUT2D eigenvalue weighted by molar-refractivity contribution is 7.16. The van der Waals surface area contributed by atoms with Gasteiger partial charge in [0.05, 0.1) is 41.1 Å². The van der Waals surface area contributed by atoms with Crippen LogP contribution in [0, 0.1) is 0 Å². The zero-order valence-electron chi connectivity index (χ0n) is 18.0. The van der Waals surface area contributed by atoms with Crippen molar-refractivity contribution in [3.05, 3.63) is 41.0 Å². The van der Waals surface area contributed by atoms with Crippen LogP contribution in [0.15, 0.2) is 30.6 Å². The summed E-state index contributed by atoms with van der Waals surface area (Å²) in [6.45, 7) is 5.15. The van der Waals surface area contributed by atoms with E-state index in [0.717, 1.165) is 74.2 Å². The van der Waals surface area contributed by atoms with Gasteiger partial charge in [-0.1, -0.05) is 0 Å². The van der Waals surface area contributed by atoms with Crippen LogP contribution in [0.5, 0.6) is 0 Å². The molecule has 0 unspecified atom stereocenters. The van der Waals surface area contributed by atoms with Crippen molar-refractivity contribution < 1.29 is 9.53 Å². The number of hydrogen-bond donors (Lipinski definition) is 1. The number of aromatic nitrogens is 4. The minimum Gasteiger partial charge on any atom is -0.379 e. The lowest BCUT2D eigenvalue weighted by atomic mass is 10.2. The van der Waals surface area contributed by atoms with Gasteiger partial charge in [-0.05, 0) is 25.0 Å². The number of thiophene rings is 1. The summed E-state index contributed by atoms with van der Waals surface area (Å²) in [4.78, 5) is 29.1. The summed E-state index contributed by atoms with van der Waals surface area (Å²) in [6.07, 6.45) is 5.56. The Kier molecular flexibility index (Phi) is 4.74. The maximum Gasteiger partial charge on any atom is 0.255 e. The first-order valence-electron chi connectivity index (χ1n) is 11.0. The largest absolute Gasteiger partial charge is 0.379 e. The van der Waals surface area contributed by atoms with Gasteiger partial charge in [-0.2, -0.15) is 5.10 Å². The molecular formula is C22H25N7O2S. The van der Waals surface area contributed by atoms with E-state index in [1.165, 1.54) is 4.88 Å². The molecule has 1 spiro atoms. The molecule has 9 nitrogen and oxygen atoms in total. The molecule has 3 aliphatic rings. The lowest BCUT2D eigenvalue weighted by Gasteiger charge is -2.31. The van der Waals surface area contributed by atoms with Crippen LogP contribution >= 0.6 is 11.3 Å². The normalized spacial score (nSPS) is 19.5. The van der Waals surface area contributed by atoms with Gasteiger partial charge in [-0.3, -0.25) is 14.4 Å². The zero-order valence-corrected chi connectivity index (χ0v) is 18.8. The molecule has 0 aromatic carbocycles. The van der Waals surface area contributed by atoms with Crippen LogP contribution in [0.3, 0.4) is 0 Å². The van der Waals surface area contributed by atoms with Gasteiger partial charge in [0, 0.05) is 50.4 Å². The average molecular weight is 452 g/mol. The number of aryl methyl sites for hydroxylation is 1. The van der Waals surface area contributed by atoms with Crippen molar-refractivity contribution in [2.45, 2.75) is 18.4 Å². The molecular weight excluding hydrogens is 426 g/mol. The SMILES string of the molecule is Cn1nccc1Nc1nccc(-c2cc3c(s2)C2(CC2)N(CCN2CCOCC2)C3=O)n1. The number of morpholine rings is 1. The molecule has 166 valence electrons. The number of carbonyl (C=O) groups excluding carboxylic acids is 1. The van der Waals surface area contributed by atoms with Gasteiger partial charge in [0.2, 0.25) is 5.95 Å². The minimum absolute atomic E-state index is 0.0928. The van der Waals surface area contributed by atoms with Gasteiger partial charge in [-0.25, -0.2) is 9.97 Å². The molecule has 0 bridgehead atoms. The zero-order chi connectivity index (χ0) is 21.7. The monoisotopic (exact) mass is 451 g/mol. The Morgan fingerprint density at radius 3 is 2.78 bits per heavy atom. The number of amides is 1. The third kappa shape index (κ3) is 3.30. The van der Waals surface area contributed by atoms with Gasteiger partial charge in [0.15, 0.2) is 0 Å². The lowest BCUT2D eigenvalue weighted by Crippen LogP contribution is -2.44. The molecule has 1 N–H and O–H groups in total. The van der Waals surface area contributed by atoms with E-state index in [4.69, 9.17) is 4.74 Å². The Hall–Kier alpha value is -2.82. The Balaban J connectivity index is 1.22. The molecule has 1 amide bonds. The van der Waals surface area contributed by atoms with Crippen molar-refractivity contribution >= 4 is 29.0 Å². The second-order valence-electron chi connectivity index (χ2n) is 8.53. The molecule has 3 aromatic rings. The van der Waals surface area contributed by atoms with Crippen LogP contribution in [-0.2, 0) is 17.3 Å². The van der Waals surface area contributed by atoms with Crippen LogP contribution < -0.4 is 5.32 Å². The molecule has 1 saturated heterocycles. The molecule has 1 saturated carbocycles. The second kappa shape index (κ2) is 7.65. The predicted octanol–water partition coefficient (Wildman–Crippen LogP) is 2.46. The smallest absolute Gasteiger partial charge is 0.255 e. The van der Waals surface area contributed by atoms with Crippen molar-refractivity contribution in [2.24, 2.45) is 7.05 Å². The van der Waals surface area contributed by atoms with E-state index in [-0.39, 0.29) is 11.4 Å². The molecule has 10 heteroatoms. The first-order chi connectivity index (χ1) is 15.6. The Bertz CT molecular complexity index is 1160. The lowest BCUT2D eigenvalue weighted by molar-refractivity contribution is 0.0298. The van der Waals surface area contributed by atoms with Gasteiger partial charge in [0.1, 0.15) is 5.82 Å². The molecule has 0 atom stereocenters. The molecule has 2 fully saturated rings. The first kappa shape index (κ1) is 19.8. The summed E-state index contributed by atoms with van der Waals surface area (Å²) in [5, 5.41) is 7.36. The summed E-state index contributed by atoms with van der Waals surface area (Å²) in [6, 6.07) is 5.79. The topological polar surface area (TPSA) is 88.4 Å². The second-order valence-corrected chi connectivity index (χ2v) is 9.58. The molecule has 5 heterocycles. The van der Waals surface area contributed by atoms with Crippen molar-refractivity contribution in [3.63, 3.8) is 0 Å². The number of hydrogen-bond acceptors (Lipinski definition) is 8. The predicted molar refractivity (Wildman–Crippen MR) is 121 cm³/mol. The number of anilines is 2. The highest BCUT2D eigenvalue weighted by Crippen LogP contribution is 2.59. The van der Waals surface area contributed by atoms with E-state index in [0.29, 0.717) is 5.95 Å². The van der Waals surface area contributed by atoms with E-state index in [2.05, 4.69) is 30.2 Å². The van der Waals surface area contributed by atoms with Crippen LogP contribution in [-0.4, -0.2) is 74.8 Å². The number of fused-ring (bicyclic) bond motifs is 2. The quantitative estimate of drug-likeness (QED) is 0.616. The summed E-state index contributed by atoms with van der Waals surface area (Å²) >= 11 is 1.70. The summed E-state index contributed by atoms with van der Waals surface area (Å²) in [7, 11) is 1.86. The summed E-state index contributed by atoms with van der Waals surface area (Å²) in [5.41, 5.74) is 1.58. The molecule has 32 heavy (non-hydrogen) atoms. The fraction of sp³-hybridized carbons (Fsp3) is 0.455. The van der Waals surface area contributed by atoms with E-state index >= 15 is 0 Å².